The Kier molecular flexibility index (Phi) is 4.78. The predicted molar refractivity (Wildman–Crippen MR) is 55.9 cm³/mol. The van der Waals surface area contributed by atoms with Crippen molar-refractivity contribution in [3.05, 3.63) is 0 Å². The van der Waals surface area contributed by atoms with Crippen molar-refractivity contribution in [3.8, 4) is 0 Å². The van der Waals surface area contributed by atoms with Crippen LogP contribution in [0, 0.1) is 11.8 Å². The molecule has 0 saturated carbocycles. The molecule has 0 atom stereocenters. The van der Waals surface area contributed by atoms with Crippen LogP contribution in [-0.4, -0.2) is 17.7 Å². The molecule has 0 amide bonds. The first-order chi connectivity index (χ1) is 6.65. The molecular formula is C11H20O4. The molecule has 15 heavy (non-hydrogen) atoms. The van der Waals surface area contributed by atoms with Crippen LogP contribution in [0.15, 0.2) is 0 Å². The Morgan fingerprint density at radius 1 is 0.867 bits per heavy atom. The summed E-state index contributed by atoms with van der Waals surface area (Å²) in [7, 11) is 0. The van der Waals surface area contributed by atoms with Gasteiger partial charge in [0.2, 0.25) is 0 Å². The molecule has 0 aliphatic heterocycles. The van der Waals surface area contributed by atoms with E-state index >= 15 is 0 Å². The summed E-state index contributed by atoms with van der Waals surface area (Å²) in [6.45, 7) is 10.00. The van der Waals surface area contributed by atoms with Gasteiger partial charge in [0.15, 0.2) is 0 Å². The molecule has 0 aromatic carbocycles. The number of carbonyl (C=O) groups excluding carboxylic acids is 2. The van der Waals surface area contributed by atoms with Crippen molar-refractivity contribution >= 4 is 11.9 Å². The molecule has 4 heteroatoms. The lowest BCUT2D eigenvalue weighted by Crippen LogP contribution is -2.36. The number of ether oxygens (including phenoxy) is 2. The van der Waals surface area contributed by atoms with E-state index in [1.807, 2.05) is 0 Å². The Balaban J connectivity index is 4.31. The first kappa shape index (κ1) is 13.9. The van der Waals surface area contributed by atoms with E-state index in [1.54, 1.807) is 41.5 Å². The molecule has 0 heterocycles. The van der Waals surface area contributed by atoms with E-state index in [-0.39, 0.29) is 23.8 Å². The van der Waals surface area contributed by atoms with Crippen molar-refractivity contribution in [2.75, 3.05) is 0 Å². The van der Waals surface area contributed by atoms with E-state index in [0.717, 1.165) is 0 Å². The quantitative estimate of drug-likeness (QED) is 0.533. The van der Waals surface area contributed by atoms with Gasteiger partial charge in [-0.25, -0.2) is 0 Å². The highest BCUT2D eigenvalue weighted by atomic mass is 16.7. The maximum Gasteiger partial charge on any atom is 0.311 e. The number of esters is 2. The average molecular weight is 216 g/mol. The number of carbonyl (C=O) groups is 2. The van der Waals surface area contributed by atoms with Crippen molar-refractivity contribution in [1.82, 2.24) is 0 Å². The van der Waals surface area contributed by atoms with E-state index in [2.05, 4.69) is 0 Å². The first-order valence-corrected chi connectivity index (χ1v) is 5.11. The predicted octanol–water partition coefficient (Wildman–Crippen LogP) is 2.12. The fourth-order valence-electron chi connectivity index (χ4n) is 0.741. The average Bonchev–Trinajstić information content (AvgIpc) is 2.01. The molecule has 0 aliphatic carbocycles. The molecule has 0 N–H and O–H groups in total. The van der Waals surface area contributed by atoms with Crippen LogP contribution in [0.5, 0.6) is 0 Å². The molecule has 0 spiro atoms. The molecule has 0 aliphatic rings. The third-order valence-electron chi connectivity index (χ3n) is 1.64. The highest BCUT2D eigenvalue weighted by molar-refractivity contribution is 5.74. The molecular weight excluding hydrogens is 196 g/mol. The third-order valence-corrected chi connectivity index (χ3v) is 1.64. The topological polar surface area (TPSA) is 52.6 Å². The Morgan fingerprint density at radius 3 is 1.33 bits per heavy atom. The van der Waals surface area contributed by atoms with Gasteiger partial charge in [0, 0.05) is 13.8 Å². The molecule has 0 fully saturated rings. The fraction of sp³-hybridized carbons (Fsp3) is 0.818. The van der Waals surface area contributed by atoms with Gasteiger partial charge in [0.25, 0.3) is 5.79 Å². The molecule has 88 valence electrons. The van der Waals surface area contributed by atoms with Gasteiger partial charge in [0.1, 0.15) is 0 Å². The van der Waals surface area contributed by atoms with Gasteiger partial charge >= 0.3 is 11.9 Å². The number of hydrogen-bond donors (Lipinski definition) is 0. The molecule has 0 rings (SSSR count). The number of hydrogen-bond acceptors (Lipinski definition) is 4. The van der Waals surface area contributed by atoms with E-state index < -0.39 is 5.79 Å². The standard InChI is InChI=1S/C11H20O4/c1-7(2)9(12)14-11(5,6)15-10(13)8(3)4/h7-8H,1-6H3. The van der Waals surface area contributed by atoms with E-state index in [9.17, 15) is 9.59 Å². The van der Waals surface area contributed by atoms with Crippen LogP contribution in [0.3, 0.4) is 0 Å². The lowest BCUT2D eigenvalue weighted by Gasteiger charge is -2.26. The molecule has 4 nitrogen and oxygen atoms in total. The number of rotatable bonds is 4. The SMILES string of the molecule is CC(C)C(=O)OC(C)(C)OC(=O)C(C)C. The van der Waals surface area contributed by atoms with Gasteiger partial charge in [-0.05, 0) is 0 Å². The Morgan fingerprint density at radius 2 is 1.13 bits per heavy atom. The van der Waals surface area contributed by atoms with Crippen LogP contribution >= 0.6 is 0 Å². The van der Waals surface area contributed by atoms with Crippen LogP contribution in [0.4, 0.5) is 0 Å². The largest absolute Gasteiger partial charge is 0.423 e. The minimum Gasteiger partial charge on any atom is -0.423 e. The molecule has 0 aromatic rings. The van der Waals surface area contributed by atoms with Crippen molar-refractivity contribution in [2.45, 2.75) is 47.3 Å². The van der Waals surface area contributed by atoms with Crippen molar-refractivity contribution in [2.24, 2.45) is 11.8 Å². The third kappa shape index (κ3) is 5.40. The van der Waals surface area contributed by atoms with Crippen molar-refractivity contribution in [3.63, 3.8) is 0 Å². The smallest absolute Gasteiger partial charge is 0.311 e. The lowest BCUT2D eigenvalue weighted by molar-refractivity contribution is -0.220. The van der Waals surface area contributed by atoms with Gasteiger partial charge in [-0.2, -0.15) is 0 Å². The van der Waals surface area contributed by atoms with E-state index in [4.69, 9.17) is 9.47 Å². The Hall–Kier alpha value is -1.06. The zero-order chi connectivity index (χ0) is 12.2. The van der Waals surface area contributed by atoms with Crippen molar-refractivity contribution < 1.29 is 19.1 Å². The van der Waals surface area contributed by atoms with Gasteiger partial charge < -0.3 is 9.47 Å². The highest BCUT2D eigenvalue weighted by Crippen LogP contribution is 2.16. The van der Waals surface area contributed by atoms with Crippen LogP contribution < -0.4 is 0 Å². The van der Waals surface area contributed by atoms with Gasteiger partial charge in [-0.3, -0.25) is 9.59 Å². The molecule has 0 aromatic heterocycles. The molecule has 0 radical (unpaired) electrons. The highest BCUT2D eigenvalue weighted by Gasteiger charge is 2.29. The van der Waals surface area contributed by atoms with Gasteiger partial charge in [-0.1, -0.05) is 27.7 Å². The summed E-state index contributed by atoms with van der Waals surface area (Å²) in [5, 5.41) is 0. The monoisotopic (exact) mass is 216 g/mol. The van der Waals surface area contributed by atoms with Crippen LogP contribution in [-0.2, 0) is 19.1 Å². The van der Waals surface area contributed by atoms with Gasteiger partial charge in [0.05, 0.1) is 11.8 Å². The zero-order valence-electron chi connectivity index (χ0n) is 10.3. The van der Waals surface area contributed by atoms with E-state index in [1.165, 1.54) is 0 Å². The Bertz CT molecular complexity index is 217. The maximum atomic E-state index is 11.3. The summed E-state index contributed by atoms with van der Waals surface area (Å²) >= 11 is 0. The Labute approximate surface area is 90.9 Å². The molecule has 0 bridgehead atoms. The summed E-state index contributed by atoms with van der Waals surface area (Å²) in [6.07, 6.45) is 0. The van der Waals surface area contributed by atoms with Gasteiger partial charge in [-0.15, -0.1) is 0 Å². The van der Waals surface area contributed by atoms with E-state index in [0.29, 0.717) is 0 Å². The second-order valence-corrected chi connectivity index (χ2v) is 4.55. The summed E-state index contributed by atoms with van der Waals surface area (Å²) in [6, 6.07) is 0. The zero-order valence-corrected chi connectivity index (χ0v) is 10.3. The van der Waals surface area contributed by atoms with Crippen molar-refractivity contribution in [1.29, 1.82) is 0 Å². The minimum atomic E-state index is -1.19. The van der Waals surface area contributed by atoms with Crippen LogP contribution in [0.2, 0.25) is 0 Å². The first-order valence-electron chi connectivity index (χ1n) is 5.11. The maximum absolute atomic E-state index is 11.3. The van der Waals surface area contributed by atoms with Crippen LogP contribution in [0.25, 0.3) is 0 Å². The summed E-state index contributed by atoms with van der Waals surface area (Å²) in [5.41, 5.74) is 0. The normalized spacial score (nSPS) is 11.7. The minimum absolute atomic E-state index is 0.234. The molecule has 0 saturated heterocycles. The summed E-state index contributed by atoms with van der Waals surface area (Å²) < 4.78 is 10.1. The fourth-order valence-corrected chi connectivity index (χ4v) is 0.741. The van der Waals surface area contributed by atoms with Crippen LogP contribution in [0.1, 0.15) is 41.5 Å². The molecule has 0 unspecified atom stereocenters. The lowest BCUT2D eigenvalue weighted by atomic mass is 10.2. The second-order valence-electron chi connectivity index (χ2n) is 4.55. The second kappa shape index (κ2) is 5.14. The summed E-state index contributed by atoms with van der Waals surface area (Å²) in [5.74, 6) is -2.42. The summed E-state index contributed by atoms with van der Waals surface area (Å²) in [4.78, 5) is 22.6.